The molecule has 0 aliphatic carbocycles. The number of benzene rings is 1. The third-order valence-corrected chi connectivity index (χ3v) is 3.88. The molecule has 0 saturated carbocycles. The lowest BCUT2D eigenvalue weighted by Crippen LogP contribution is -2.37. The van der Waals surface area contributed by atoms with E-state index in [1.807, 2.05) is 13.8 Å². The molecule has 2 nitrogen and oxygen atoms in total. The minimum atomic E-state index is 0.164. The van der Waals surface area contributed by atoms with Gasteiger partial charge in [0.05, 0.1) is 6.54 Å². The number of hydrogen-bond acceptors (Lipinski definition) is 2. The average molecular weight is 245 g/mol. The van der Waals surface area contributed by atoms with E-state index in [0.717, 1.165) is 13.1 Å². The van der Waals surface area contributed by atoms with Crippen LogP contribution in [0, 0.1) is 5.92 Å². The molecule has 1 aromatic carbocycles. The molecule has 2 heteroatoms. The summed E-state index contributed by atoms with van der Waals surface area (Å²) in [7, 11) is 0. The van der Waals surface area contributed by atoms with Gasteiger partial charge in [-0.15, -0.1) is 0 Å². The van der Waals surface area contributed by atoms with Crippen LogP contribution in [-0.2, 0) is 4.79 Å². The standard InChI is InChI=1S/C16H23NO/c1-13(2)16(18)12-17-10-8-15(9-11-17)14-6-4-3-5-7-14/h3-7,13,15H,8-12H2,1-2H3. The fourth-order valence-corrected chi connectivity index (χ4v) is 2.55. The van der Waals surface area contributed by atoms with E-state index in [9.17, 15) is 4.79 Å². The molecule has 1 heterocycles. The van der Waals surface area contributed by atoms with Crippen LogP contribution in [0.15, 0.2) is 30.3 Å². The number of Topliss-reactive ketones (excluding diaryl/α,β-unsaturated/α-hetero) is 1. The molecule has 1 fully saturated rings. The zero-order valence-corrected chi connectivity index (χ0v) is 11.4. The van der Waals surface area contributed by atoms with Gasteiger partial charge in [0.25, 0.3) is 0 Å². The minimum absolute atomic E-state index is 0.164. The molecule has 0 aromatic heterocycles. The summed E-state index contributed by atoms with van der Waals surface area (Å²) < 4.78 is 0. The third-order valence-electron chi connectivity index (χ3n) is 3.88. The van der Waals surface area contributed by atoms with Crippen molar-refractivity contribution in [3.8, 4) is 0 Å². The van der Waals surface area contributed by atoms with Gasteiger partial charge in [-0.1, -0.05) is 44.2 Å². The van der Waals surface area contributed by atoms with Crippen molar-refractivity contribution in [2.45, 2.75) is 32.6 Å². The Hall–Kier alpha value is -1.15. The lowest BCUT2D eigenvalue weighted by molar-refractivity contribution is -0.123. The predicted molar refractivity (Wildman–Crippen MR) is 74.7 cm³/mol. The van der Waals surface area contributed by atoms with Crippen LogP contribution < -0.4 is 0 Å². The summed E-state index contributed by atoms with van der Waals surface area (Å²) >= 11 is 0. The second kappa shape index (κ2) is 6.14. The molecule has 0 spiro atoms. The van der Waals surface area contributed by atoms with Crippen LogP contribution in [0.4, 0.5) is 0 Å². The Kier molecular flexibility index (Phi) is 4.54. The van der Waals surface area contributed by atoms with Crippen molar-refractivity contribution in [1.82, 2.24) is 4.90 Å². The van der Waals surface area contributed by atoms with Crippen LogP contribution in [-0.4, -0.2) is 30.3 Å². The van der Waals surface area contributed by atoms with E-state index in [4.69, 9.17) is 0 Å². The van der Waals surface area contributed by atoms with Gasteiger partial charge in [0.2, 0.25) is 0 Å². The predicted octanol–water partition coefficient (Wildman–Crippen LogP) is 3.09. The largest absolute Gasteiger partial charge is 0.298 e. The highest BCUT2D eigenvalue weighted by atomic mass is 16.1. The van der Waals surface area contributed by atoms with Crippen LogP contribution >= 0.6 is 0 Å². The van der Waals surface area contributed by atoms with Crippen LogP contribution in [0.25, 0.3) is 0 Å². The highest BCUT2D eigenvalue weighted by Gasteiger charge is 2.22. The van der Waals surface area contributed by atoms with E-state index < -0.39 is 0 Å². The summed E-state index contributed by atoms with van der Waals surface area (Å²) in [5.41, 5.74) is 1.45. The first-order chi connectivity index (χ1) is 8.66. The average Bonchev–Trinajstić information content (AvgIpc) is 2.40. The molecule has 1 aliphatic heterocycles. The SMILES string of the molecule is CC(C)C(=O)CN1CCC(c2ccccc2)CC1. The molecule has 1 aromatic rings. The Bertz CT molecular complexity index is 377. The summed E-state index contributed by atoms with van der Waals surface area (Å²) in [6, 6.07) is 10.7. The fraction of sp³-hybridized carbons (Fsp3) is 0.562. The van der Waals surface area contributed by atoms with Gasteiger partial charge in [-0.25, -0.2) is 0 Å². The highest BCUT2D eigenvalue weighted by molar-refractivity contribution is 5.82. The molecule has 0 atom stereocenters. The quantitative estimate of drug-likeness (QED) is 0.812. The molecule has 0 N–H and O–H groups in total. The Balaban J connectivity index is 1.83. The van der Waals surface area contributed by atoms with Gasteiger partial charge >= 0.3 is 0 Å². The molecule has 0 bridgehead atoms. The number of likely N-dealkylation sites (tertiary alicyclic amines) is 1. The maximum absolute atomic E-state index is 11.7. The molecule has 0 unspecified atom stereocenters. The van der Waals surface area contributed by atoms with Crippen molar-refractivity contribution < 1.29 is 4.79 Å². The zero-order chi connectivity index (χ0) is 13.0. The first kappa shape index (κ1) is 13.3. The van der Waals surface area contributed by atoms with Gasteiger partial charge < -0.3 is 0 Å². The fourth-order valence-electron chi connectivity index (χ4n) is 2.55. The van der Waals surface area contributed by atoms with E-state index in [1.165, 1.54) is 18.4 Å². The van der Waals surface area contributed by atoms with E-state index in [0.29, 0.717) is 18.2 Å². The van der Waals surface area contributed by atoms with Crippen molar-refractivity contribution >= 4 is 5.78 Å². The lowest BCUT2D eigenvalue weighted by Gasteiger charge is -2.32. The monoisotopic (exact) mass is 245 g/mol. The topological polar surface area (TPSA) is 20.3 Å². The maximum atomic E-state index is 11.7. The summed E-state index contributed by atoms with van der Waals surface area (Å²) in [5.74, 6) is 1.21. The van der Waals surface area contributed by atoms with E-state index in [1.54, 1.807) is 0 Å². The molecule has 1 saturated heterocycles. The molecule has 0 amide bonds. The van der Waals surface area contributed by atoms with Gasteiger partial charge in [0.1, 0.15) is 5.78 Å². The van der Waals surface area contributed by atoms with E-state index in [2.05, 4.69) is 35.2 Å². The van der Waals surface area contributed by atoms with E-state index >= 15 is 0 Å². The summed E-state index contributed by atoms with van der Waals surface area (Å²) in [6.07, 6.45) is 2.35. The van der Waals surface area contributed by atoms with Crippen molar-refractivity contribution in [1.29, 1.82) is 0 Å². The number of rotatable bonds is 4. The van der Waals surface area contributed by atoms with E-state index in [-0.39, 0.29) is 5.92 Å². The second-order valence-corrected chi connectivity index (χ2v) is 5.58. The Morgan fingerprint density at radius 2 is 1.83 bits per heavy atom. The highest BCUT2D eigenvalue weighted by Crippen LogP contribution is 2.27. The van der Waals surface area contributed by atoms with Crippen molar-refractivity contribution in [3.63, 3.8) is 0 Å². The van der Waals surface area contributed by atoms with Gasteiger partial charge in [-0.05, 0) is 37.4 Å². The van der Waals surface area contributed by atoms with Crippen molar-refractivity contribution in [3.05, 3.63) is 35.9 Å². The van der Waals surface area contributed by atoms with Crippen LogP contribution in [0.2, 0.25) is 0 Å². The number of carbonyl (C=O) groups is 1. The van der Waals surface area contributed by atoms with Crippen LogP contribution in [0.5, 0.6) is 0 Å². The summed E-state index contributed by atoms with van der Waals surface area (Å²) in [4.78, 5) is 14.0. The smallest absolute Gasteiger partial charge is 0.149 e. The molecule has 98 valence electrons. The first-order valence-electron chi connectivity index (χ1n) is 6.97. The summed E-state index contributed by atoms with van der Waals surface area (Å²) in [5, 5.41) is 0. The Morgan fingerprint density at radius 1 is 1.22 bits per heavy atom. The van der Waals surface area contributed by atoms with Crippen molar-refractivity contribution in [2.75, 3.05) is 19.6 Å². The van der Waals surface area contributed by atoms with Crippen LogP contribution in [0.1, 0.15) is 38.2 Å². The van der Waals surface area contributed by atoms with Gasteiger partial charge in [-0.3, -0.25) is 9.69 Å². The number of piperidine rings is 1. The first-order valence-corrected chi connectivity index (χ1v) is 6.97. The normalized spacial score (nSPS) is 18.2. The molecule has 2 rings (SSSR count). The molecule has 18 heavy (non-hydrogen) atoms. The van der Waals surface area contributed by atoms with Crippen LogP contribution in [0.3, 0.4) is 0 Å². The summed E-state index contributed by atoms with van der Waals surface area (Å²) in [6.45, 7) is 6.72. The van der Waals surface area contributed by atoms with Gasteiger partial charge in [0.15, 0.2) is 0 Å². The Morgan fingerprint density at radius 3 is 2.39 bits per heavy atom. The second-order valence-electron chi connectivity index (χ2n) is 5.58. The molecule has 0 radical (unpaired) electrons. The number of carbonyl (C=O) groups excluding carboxylic acids is 1. The Labute approximate surface area is 110 Å². The van der Waals surface area contributed by atoms with Crippen molar-refractivity contribution in [2.24, 2.45) is 5.92 Å². The third kappa shape index (κ3) is 3.42. The minimum Gasteiger partial charge on any atom is -0.298 e. The maximum Gasteiger partial charge on any atom is 0.149 e. The lowest BCUT2D eigenvalue weighted by atomic mass is 9.89. The molecule has 1 aliphatic rings. The zero-order valence-electron chi connectivity index (χ0n) is 11.4. The molecular weight excluding hydrogens is 222 g/mol. The molecular formula is C16H23NO. The van der Waals surface area contributed by atoms with Gasteiger partial charge in [-0.2, -0.15) is 0 Å². The number of ketones is 1. The van der Waals surface area contributed by atoms with Gasteiger partial charge in [0, 0.05) is 5.92 Å². The number of hydrogen-bond donors (Lipinski definition) is 0. The number of nitrogens with zero attached hydrogens (tertiary/aromatic N) is 1.